The molecule has 2 aromatic rings. The lowest BCUT2D eigenvalue weighted by Crippen LogP contribution is -2.34. The molecule has 0 aliphatic carbocycles. The summed E-state index contributed by atoms with van der Waals surface area (Å²) >= 11 is 0. The van der Waals surface area contributed by atoms with E-state index in [0.717, 1.165) is 12.1 Å². The number of hydrogen-bond acceptors (Lipinski definition) is 3. The van der Waals surface area contributed by atoms with E-state index in [9.17, 15) is 22.8 Å². The Morgan fingerprint density at radius 1 is 1.19 bits per heavy atom. The molecule has 2 N–H and O–H groups in total. The highest BCUT2D eigenvalue weighted by atomic mass is 19.4. The minimum Gasteiger partial charge on any atom is -0.479 e. The van der Waals surface area contributed by atoms with E-state index in [1.807, 2.05) is 0 Å². The first-order chi connectivity index (χ1) is 12.7. The number of benzene rings is 2. The van der Waals surface area contributed by atoms with Gasteiger partial charge in [-0.3, -0.25) is 9.59 Å². The van der Waals surface area contributed by atoms with Crippen LogP contribution in [0.4, 0.5) is 24.5 Å². The minimum absolute atomic E-state index is 0.284. The maximum absolute atomic E-state index is 12.5. The van der Waals surface area contributed by atoms with Crippen LogP contribution in [0.3, 0.4) is 0 Å². The molecule has 0 fully saturated rings. The monoisotopic (exact) mass is 376 g/mol. The van der Waals surface area contributed by atoms with Crippen molar-refractivity contribution in [3.63, 3.8) is 0 Å². The van der Waals surface area contributed by atoms with Crippen LogP contribution in [-0.2, 0) is 15.8 Å². The van der Waals surface area contributed by atoms with Gasteiger partial charge in [0, 0.05) is 11.8 Å². The SMILES string of the molecule is C[C@H]1Oc2ccc(NC(=O)/C=C/c3ccc(C(F)(F)F)cc3)cc2NC1=O. The molecule has 27 heavy (non-hydrogen) atoms. The molecular formula is C19H15F3N2O3. The summed E-state index contributed by atoms with van der Waals surface area (Å²) in [6.07, 6.45) is -2.38. The number of rotatable bonds is 3. The van der Waals surface area contributed by atoms with Crippen molar-refractivity contribution in [3.05, 3.63) is 59.7 Å². The number of fused-ring (bicyclic) bond motifs is 1. The minimum atomic E-state index is -4.40. The second-order valence-electron chi connectivity index (χ2n) is 5.90. The van der Waals surface area contributed by atoms with Gasteiger partial charge in [0.15, 0.2) is 6.10 Å². The first-order valence-electron chi connectivity index (χ1n) is 8.00. The number of nitrogens with one attached hydrogen (secondary N) is 2. The maximum Gasteiger partial charge on any atom is 0.416 e. The van der Waals surface area contributed by atoms with E-state index < -0.39 is 23.8 Å². The van der Waals surface area contributed by atoms with Crippen LogP contribution in [-0.4, -0.2) is 17.9 Å². The molecular weight excluding hydrogens is 361 g/mol. The molecule has 2 amide bonds. The number of ether oxygens (including phenoxy) is 1. The molecule has 1 aliphatic heterocycles. The van der Waals surface area contributed by atoms with Crippen molar-refractivity contribution in [3.8, 4) is 5.75 Å². The summed E-state index contributed by atoms with van der Waals surface area (Å²) < 4.78 is 43.0. The lowest BCUT2D eigenvalue weighted by atomic mass is 10.1. The van der Waals surface area contributed by atoms with E-state index in [2.05, 4.69) is 10.6 Å². The first kappa shape index (κ1) is 18.5. The number of anilines is 2. The Balaban J connectivity index is 1.65. The topological polar surface area (TPSA) is 67.4 Å². The van der Waals surface area contributed by atoms with Crippen molar-refractivity contribution in [2.75, 3.05) is 10.6 Å². The van der Waals surface area contributed by atoms with Gasteiger partial charge in [0.1, 0.15) is 5.75 Å². The zero-order valence-corrected chi connectivity index (χ0v) is 14.1. The maximum atomic E-state index is 12.5. The number of amides is 2. The lowest BCUT2D eigenvalue weighted by Gasteiger charge is -2.23. The standard InChI is InChI=1S/C19H15F3N2O3/c1-11-18(26)24-15-10-14(7-8-16(15)27-11)23-17(25)9-4-12-2-5-13(6-3-12)19(20,21)22/h2-11H,1H3,(H,23,25)(H,24,26)/b9-4+/t11-/m1/s1. The van der Waals surface area contributed by atoms with E-state index in [-0.39, 0.29) is 5.91 Å². The van der Waals surface area contributed by atoms with E-state index in [1.165, 1.54) is 24.3 Å². The van der Waals surface area contributed by atoms with Gasteiger partial charge in [0.2, 0.25) is 5.91 Å². The van der Waals surface area contributed by atoms with Crippen LogP contribution in [0.1, 0.15) is 18.1 Å². The molecule has 0 radical (unpaired) electrons. The zero-order valence-electron chi connectivity index (χ0n) is 14.1. The quantitative estimate of drug-likeness (QED) is 0.794. The summed E-state index contributed by atoms with van der Waals surface area (Å²) in [6.45, 7) is 1.63. The molecule has 0 spiro atoms. The molecule has 0 aromatic heterocycles. The van der Waals surface area contributed by atoms with Gasteiger partial charge in [-0.2, -0.15) is 13.2 Å². The highest BCUT2D eigenvalue weighted by Gasteiger charge is 2.29. The van der Waals surface area contributed by atoms with Crippen molar-refractivity contribution < 1.29 is 27.5 Å². The summed E-state index contributed by atoms with van der Waals surface area (Å²) in [5, 5.41) is 5.28. The summed E-state index contributed by atoms with van der Waals surface area (Å²) in [6, 6.07) is 9.25. The predicted octanol–water partition coefficient (Wildman–Crippen LogP) is 4.08. The summed E-state index contributed by atoms with van der Waals surface area (Å²) in [4.78, 5) is 23.6. The van der Waals surface area contributed by atoms with Crippen molar-refractivity contribution in [1.29, 1.82) is 0 Å². The van der Waals surface area contributed by atoms with Gasteiger partial charge in [-0.15, -0.1) is 0 Å². The van der Waals surface area contributed by atoms with E-state index in [0.29, 0.717) is 22.7 Å². The van der Waals surface area contributed by atoms with Gasteiger partial charge in [-0.05, 0) is 48.9 Å². The normalized spacial score (nSPS) is 16.4. The van der Waals surface area contributed by atoms with Crippen molar-refractivity contribution in [2.45, 2.75) is 19.2 Å². The van der Waals surface area contributed by atoms with Gasteiger partial charge < -0.3 is 15.4 Å². The zero-order chi connectivity index (χ0) is 19.6. The number of hydrogen-bond donors (Lipinski definition) is 2. The molecule has 1 aliphatic rings. The Labute approximate surface area is 152 Å². The summed E-state index contributed by atoms with van der Waals surface area (Å²) in [7, 11) is 0. The van der Waals surface area contributed by atoms with E-state index >= 15 is 0 Å². The summed E-state index contributed by atoms with van der Waals surface area (Å²) in [5.74, 6) is -0.250. The van der Waals surface area contributed by atoms with Crippen LogP contribution in [0, 0.1) is 0 Å². The van der Waals surface area contributed by atoms with Crippen LogP contribution >= 0.6 is 0 Å². The molecule has 140 valence electrons. The molecule has 1 heterocycles. The molecule has 8 heteroatoms. The fourth-order valence-electron chi connectivity index (χ4n) is 2.43. The van der Waals surface area contributed by atoms with Crippen molar-refractivity contribution in [2.24, 2.45) is 0 Å². The average Bonchev–Trinajstić information content (AvgIpc) is 2.61. The van der Waals surface area contributed by atoms with Crippen LogP contribution in [0.25, 0.3) is 6.08 Å². The molecule has 0 saturated heterocycles. The molecule has 2 aromatic carbocycles. The fourth-order valence-corrected chi connectivity index (χ4v) is 2.43. The Morgan fingerprint density at radius 3 is 2.56 bits per heavy atom. The Bertz CT molecular complexity index is 905. The highest BCUT2D eigenvalue weighted by Crippen LogP contribution is 2.32. The van der Waals surface area contributed by atoms with Crippen LogP contribution in [0.2, 0.25) is 0 Å². The molecule has 5 nitrogen and oxygen atoms in total. The number of carbonyl (C=O) groups is 2. The summed E-state index contributed by atoms with van der Waals surface area (Å²) in [5.41, 5.74) is 0.590. The Kier molecular flexibility index (Phi) is 4.89. The third-order valence-corrected chi connectivity index (χ3v) is 3.84. The van der Waals surface area contributed by atoms with Gasteiger partial charge in [0.25, 0.3) is 5.91 Å². The van der Waals surface area contributed by atoms with Gasteiger partial charge >= 0.3 is 6.18 Å². The van der Waals surface area contributed by atoms with Gasteiger partial charge in [-0.25, -0.2) is 0 Å². The largest absolute Gasteiger partial charge is 0.479 e. The highest BCUT2D eigenvalue weighted by molar-refractivity contribution is 6.03. The third kappa shape index (κ3) is 4.46. The second-order valence-corrected chi connectivity index (χ2v) is 5.90. The number of carbonyl (C=O) groups excluding carboxylic acids is 2. The second kappa shape index (κ2) is 7.14. The lowest BCUT2D eigenvalue weighted by molar-refractivity contribution is -0.137. The Hall–Kier alpha value is -3.29. The molecule has 0 bridgehead atoms. The van der Waals surface area contributed by atoms with Crippen LogP contribution in [0.5, 0.6) is 5.75 Å². The smallest absolute Gasteiger partial charge is 0.416 e. The predicted molar refractivity (Wildman–Crippen MR) is 94.3 cm³/mol. The van der Waals surface area contributed by atoms with Gasteiger partial charge in [-0.1, -0.05) is 12.1 Å². The molecule has 0 unspecified atom stereocenters. The average molecular weight is 376 g/mol. The van der Waals surface area contributed by atoms with Crippen LogP contribution < -0.4 is 15.4 Å². The third-order valence-electron chi connectivity index (χ3n) is 3.84. The fraction of sp³-hybridized carbons (Fsp3) is 0.158. The molecule has 0 saturated carbocycles. The van der Waals surface area contributed by atoms with Crippen molar-refractivity contribution >= 4 is 29.3 Å². The van der Waals surface area contributed by atoms with Crippen LogP contribution in [0.15, 0.2) is 48.5 Å². The van der Waals surface area contributed by atoms with E-state index in [4.69, 9.17) is 4.74 Å². The van der Waals surface area contributed by atoms with E-state index in [1.54, 1.807) is 25.1 Å². The van der Waals surface area contributed by atoms with Crippen molar-refractivity contribution in [1.82, 2.24) is 0 Å². The number of alkyl halides is 3. The first-order valence-corrected chi connectivity index (χ1v) is 8.00. The Morgan fingerprint density at radius 2 is 1.89 bits per heavy atom. The van der Waals surface area contributed by atoms with Gasteiger partial charge in [0.05, 0.1) is 11.3 Å². The number of halogens is 3. The molecule has 3 rings (SSSR count). The molecule has 1 atom stereocenters.